The second kappa shape index (κ2) is 9.36. The Kier molecular flexibility index (Phi) is 6.91. The van der Waals surface area contributed by atoms with E-state index in [9.17, 15) is 14.4 Å². The predicted molar refractivity (Wildman–Crippen MR) is 97.5 cm³/mol. The van der Waals surface area contributed by atoms with E-state index < -0.39 is 11.9 Å². The fourth-order valence-electron chi connectivity index (χ4n) is 2.29. The summed E-state index contributed by atoms with van der Waals surface area (Å²) >= 11 is 0. The van der Waals surface area contributed by atoms with E-state index in [2.05, 4.69) is 10.6 Å². The molecule has 0 fully saturated rings. The van der Waals surface area contributed by atoms with Gasteiger partial charge in [0.25, 0.3) is 11.8 Å². The van der Waals surface area contributed by atoms with Crippen molar-refractivity contribution in [1.29, 1.82) is 0 Å². The van der Waals surface area contributed by atoms with E-state index in [0.717, 1.165) is 16.7 Å². The van der Waals surface area contributed by atoms with Gasteiger partial charge in [-0.2, -0.15) is 0 Å². The third-order valence-corrected chi connectivity index (χ3v) is 3.78. The summed E-state index contributed by atoms with van der Waals surface area (Å²) in [5, 5.41) is 5.16. The molecule has 0 aliphatic heterocycles. The van der Waals surface area contributed by atoms with Gasteiger partial charge >= 0.3 is 5.97 Å². The van der Waals surface area contributed by atoms with Gasteiger partial charge < -0.3 is 15.4 Å². The molecule has 26 heavy (non-hydrogen) atoms. The Morgan fingerprint density at radius 3 is 2.46 bits per heavy atom. The molecule has 0 aliphatic rings. The van der Waals surface area contributed by atoms with Gasteiger partial charge in [0, 0.05) is 12.1 Å². The largest absolute Gasteiger partial charge is 0.454 e. The molecule has 0 spiro atoms. The lowest BCUT2D eigenvalue weighted by atomic mass is 10.1. The van der Waals surface area contributed by atoms with Crippen molar-refractivity contribution in [1.82, 2.24) is 10.6 Å². The van der Waals surface area contributed by atoms with Crippen LogP contribution in [0.15, 0.2) is 48.5 Å². The second-order valence-electron chi connectivity index (χ2n) is 5.92. The minimum Gasteiger partial charge on any atom is -0.454 e. The number of rotatable bonds is 7. The smallest absolute Gasteiger partial charge is 0.325 e. The van der Waals surface area contributed by atoms with Crippen LogP contribution in [-0.4, -0.2) is 30.9 Å². The van der Waals surface area contributed by atoms with Gasteiger partial charge in [-0.05, 0) is 37.1 Å². The van der Waals surface area contributed by atoms with E-state index in [1.54, 1.807) is 18.2 Å². The van der Waals surface area contributed by atoms with Gasteiger partial charge in [-0.15, -0.1) is 0 Å². The van der Waals surface area contributed by atoms with Crippen LogP contribution in [0.5, 0.6) is 0 Å². The van der Waals surface area contributed by atoms with E-state index in [4.69, 9.17) is 4.74 Å². The Morgan fingerprint density at radius 1 is 0.962 bits per heavy atom. The highest BCUT2D eigenvalue weighted by atomic mass is 16.5. The van der Waals surface area contributed by atoms with Crippen molar-refractivity contribution in [2.45, 2.75) is 20.4 Å². The number of hydrogen-bond acceptors (Lipinski definition) is 4. The van der Waals surface area contributed by atoms with Gasteiger partial charge in [0.2, 0.25) is 0 Å². The standard InChI is InChI=1S/C20H22N2O4/c1-14-6-5-9-16(10-14)20(25)22-12-19(24)26-13-18(23)21-11-17-8-4-3-7-15(17)2/h3-10H,11-13H2,1-2H3,(H,21,23)(H,22,25). The zero-order valence-corrected chi connectivity index (χ0v) is 14.9. The number of aryl methyl sites for hydroxylation is 2. The first-order valence-corrected chi connectivity index (χ1v) is 8.27. The molecule has 6 nitrogen and oxygen atoms in total. The summed E-state index contributed by atoms with van der Waals surface area (Å²) in [7, 11) is 0. The molecule has 136 valence electrons. The molecule has 0 saturated carbocycles. The molecule has 0 atom stereocenters. The van der Waals surface area contributed by atoms with Crippen LogP contribution in [0.4, 0.5) is 0 Å². The number of carbonyl (C=O) groups is 3. The quantitative estimate of drug-likeness (QED) is 0.744. The molecular weight excluding hydrogens is 332 g/mol. The fraction of sp³-hybridized carbons (Fsp3) is 0.250. The van der Waals surface area contributed by atoms with Gasteiger partial charge in [-0.1, -0.05) is 42.0 Å². The number of amides is 2. The van der Waals surface area contributed by atoms with Gasteiger partial charge in [-0.25, -0.2) is 0 Å². The molecule has 2 amide bonds. The van der Waals surface area contributed by atoms with Crippen molar-refractivity contribution in [3.05, 3.63) is 70.8 Å². The molecule has 2 aromatic carbocycles. The summed E-state index contributed by atoms with van der Waals surface area (Å²) in [5.41, 5.74) is 3.49. The van der Waals surface area contributed by atoms with Crippen molar-refractivity contribution < 1.29 is 19.1 Å². The summed E-state index contributed by atoms with van der Waals surface area (Å²) in [6, 6.07) is 14.7. The summed E-state index contributed by atoms with van der Waals surface area (Å²) in [6.45, 7) is 3.52. The minimum absolute atomic E-state index is 0.294. The number of benzene rings is 2. The molecule has 2 aromatic rings. The molecule has 0 heterocycles. The van der Waals surface area contributed by atoms with E-state index in [0.29, 0.717) is 12.1 Å². The molecule has 0 saturated heterocycles. The normalized spacial score (nSPS) is 10.1. The van der Waals surface area contributed by atoms with Crippen LogP contribution in [0.2, 0.25) is 0 Å². The van der Waals surface area contributed by atoms with E-state index in [-0.39, 0.29) is 19.1 Å². The van der Waals surface area contributed by atoms with Gasteiger partial charge in [0.05, 0.1) is 0 Å². The predicted octanol–water partition coefficient (Wildman–Crippen LogP) is 1.89. The lowest BCUT2D eigenvalue weighted by molar-refractivity contribution is -0.147. The van der Waals surface area contributed by atoms with Crippen LogP contribution >= 0.6 is 0 Å². The van der Waals surface area contributed by atoms with Gasteiger partial charge in [0.1, 0.15) is 6.54 Å². The third kappa shape index (κ3) is 6.05. The van der Waals surface area contributed by atoms with Crippen molar-refractivity contribution in [2.75, 3.05) is 13.2 Å². The summed E-state index contributed by atoms with van der Waals surface area (Å²) in [6.07, 6.45) is 0. The number of hydrogen-bond donors (Lipinski definition) is 2. The minimum atomic E-state index is -0.669. The summed E-state index contributed by atoms with van der Waals surface area (Å²) in [5.74, 6) is -1.43. The highest BCUT2D eigenvalue weighted by Crippen LogP contribution is 2.06. The third-order valence-electron chi connectivity index (χ3n) is 3.78. The summed E-state index contributed by atoms with van der Waals surface area (Å²) in [4.78, 5) is 35.3. The maximum Gasteiger partial charge on any atom is 0.325 e. The maximum absolute atomic E-state index is 11.9. The van der Waals surface area contributed by atoms with Crippen LogP contribution in [0, 0.1) is 13.8 Å². The van der Waals surface area contributed by atoms with Crippen LogP contribution in [0.3, 0.4) is 0 Å². The van der Waals surface area contributed by atoms with Gasteiger partial charge in [-0.3, -0.25) is 14.4 Å². The first-order valence-electron chi connectivity index (χ1n) is 8.27. The van der Waals surface area contributed by atoms with Gasteiger partial charge in [0.15, 0.2) is 6.61 Å². The molecule has 0 bridgehead atoms. The number of ether oxygens (including phenoxy) is 1. The van der Waals surface area contributed by atoms with E-state index in [1.807, 2.05) is 44.2 Å². The van der Waals surface area contributed by atoms with Crippen LogP contribution < -0.4 is 10.6 Å². The number of esters is 1. The maximum atomic E-state index is 11.9. The Hall–Kier alpha value is -3.15. The Morgan fingerprint density at radius 2 is 1.73 bits per heavy atom. The first kappa shape index (κ1) is 19.2. The van der Waals surface area contributed by atoms with Crippen molar-refractivity contribution in [3.8, 4) is 0 Å². The van der Waals surface area contributed by atoms with E-state index in [1.165, 1.54) is 0 Å². The number of nitrogens with one attached hydrogen (secondary N) is 2. The monoisotopic (exact) mass is 354 g/mol. The topological polar surface area (TPSA) is 84.5 Å². The SMILES string of the molecule is Cc1cccc(C(=O)NCC(=O)OCC(=O)NCc2ccccc2C)c1. The first-order chi connectivity index (χ1) is 12.5. The van der Waals surface area contributed by atoms with Crippen molar-refractivity contribution >= 4 is 17.8 Å². The zero-order valence-electron chi connectivity index (χ0n) is 14.9. The molecule has 0 radical (unpaired) electrons. The Balaban J connectivity index is 1.69. The van der Waals surface area contributed by atoms with Crippen LogP contribution in [0.25, 0.3) is 0 Å². The number of carbonyl (C=O) groups excluding carboxylic acids is 3. The molecule has 0 unspecified atom stereocenters. The molecule has 0 aromatic heterocycles. The lowest BCUT2D eigenvalue weighted by Gasteiger charge is -2.09. The Bertz CT molecular complexity index is 802. The van der Waals surface area contributed by atoms with Crippen LogP contribution in [-0.2, 0) is 20.9 Å². The molecule has 2 N–H and O–H groups in total. The van der Waals surface area contributed by atoms with Crippen molar-refractivity contribution in [3.63, 3.8) is 0 Å². The average molecular weight is 354 g/mol. The molecule has 6 heteroatoms. The van der Waals surface area contributed by atoms with E-state index >= 15 is 0 Å². The van der Waals surface area contributed by atoms with Crippen LogP contribution in [0.1, 0.15) is 27.0 Å². The Labute approximate surface area is 152 Å². The average Bonchev–Trinajstić information content (AvgIpc) is 2.63. The molecular formula is C20H22N2O4. The molecule has 2 rings (SSSR count). The fourth-order valence-corrected chi connectivity index (χ4v) is 2.29. The van der Waals surface area contributed by atoms with Crippen molar-refractivity contribution in [2.24, 2.45) is 0 Å². The lowest BCUT2D eigenvalue weighted by Crippen LogP contribution is -2.33. The molecule has 0 aliphatic carbocycles. The summed E-state index contributed by atoms with van der Waals surface area (Å²) < 4.78 is 4.87. The second-order valence-corrected chi connectivity index (χ2v) is 5.92. The zero-order chi connectivity index (χ0) is 18.9. The highest BCUT2D eigenvalue weighted by molar-refractivity contribution is 5.96. The highest BCUT2D eigenvalue weighted by Gasteiger charge is 2.11.